The molecular weight excluding hydrogens is 396 g/mol. The maximum Gasteiger partial charge on any atom is 0.305 e. The summed E-state index contributed by atoms with van der Waals surface area (Å²) in [4.78, 5) is 0. The largest absolute Gasteiger partial charge is 0.305 e. The van der Waals surface area contributed by atoms with Crippen molar-refractivity contribution < 1.29 is 0 Å². The highest BCUT2D eigenvalue weighted by Crippen LogP contribution is 2.36. The molecule has 0 radical (unpaired) electrons. The molecule has 5 heteroatoms. The van der Waals surface area contributed by atoms with Crippen molar-refractivity contribution in [1.29, 1.82) is 0 Å². The molecule has 4 rings (SSSR count). The van der Waals surface area contributed by atoms with Crippen molar-refractivity contribution in [2.24, 2.45) is 0 Å². The van der Waals surface area contributed by atoms with Crippen LogP contribution in [0.3, 0.4) is 0 Å². The van der Waals surface area contributed by atoms with Crippen LogP contribution in [0.25, 0.3) is 21.8 Å². The zero-order chi connectivity index (χ0) is 23.2. The van der Waals surface area contributed by atoms with Gasteiger partial charge in [0.05, 0.1) is 22.4 Å². The van der Waals surface area contributed by atoms with Crippen LogP contribution in [-0.4, -0.2) is 27.3 Å². The Morgan fingerprint density at radius 1 is 0.452 bits per heavy atom. The van der Waals surface area contributed by atoms with Crippen molar-refractivity contribution in [3.63, 3.8) is 0 Å². The molecule has 0 atom stereocenters. The summed E-state index contributed by atoms with van der Waals surface area (Å²) < 4.78 is 4.70. The molecule has 0 spiro atoms. The molecule has 0 unspecified atom stereocenters. The highest BCUT2D eigenvalue weighted by atomic mass is 28.3. The van der Waals surface area contributed by atoms with E-state index in [1.165, 1.54) is 66.3 Å². The fraction of sp³-hybridized carbons (Fsp3) is 0.462. The van der Waals surface area contributed by atoms with Crippen LogP contribution in [0, 0.1) is 69.2 Å². The van der Waals surface area contributed by atoms with E-state index < -0.39 is 8.40 Å². The minimum atomic E-state index is -2.32. The van der Waals surface area contributed by atoms with E-state index in [0.717, 1.165) is 11.4 Å². The quantitative estimate of drug-likeness (QED) is 0.336. The summed E-state index contributed by atoms with van der Waals surface area (Å²) in [5.41, 5.74) is 15.7. The lowest BCUT2D eigenvalue weighted by Gasteiger charge is -2.27. The molecule has 2 heterocycles. The Kier molecular flexibility index (Phi) is 4.78. The van der Waals surface area contributed by atoms with Crippen LogP contribution in [0.4, 0.5) is 0 Å². The number of rotatable bonds is 2. The Morgan fingerprint density at radius 2 is 0.742 bits per heavy atom. The average Bonchev–Trinajstić information content (AvgIpc) is 3.25. The second kappa shape index (κ2) is 6.80. The molecule has 0 aliphatic rings. The summed E-state index contributed by atoms with van der Waals surface area (Å²) in [6.45, 7) is 27.0. The molecule has 0 bridgehead atoms. The first-order valence-electron chi connectivity index (χ1n) is 11.2. The van der Waals surface area contributed by atoms with Gasteiger partial charge < -0.3 is 0 Å². The highest BCUT2D eigenvalue weighted by molar-refractivity contribution is 6.75. The molecule has 4 aromatic rings. The molecule has 0 saturated carbocycles. The first-order chi connectivity index (χ1) is 14.3. The molecule has 164 valence electrons. The molecule has 31 heavy (non-hydrogen) atoms. The third-order valence-electron chi connectivity index (χ3n) is 7.99. The van der Waals surface area contributed by atoms with Crippen LogP contribution in [0.5, 0.6) is 0 Å². The van der Waals surface area contributed by atoms with E-state index in [0.29, 0.717) is 0 Å². The van der Waals surface area contributed by atoms with E-state index in [2.05, 4.69) is 91.0 Å². The summed E-state index contributed by atoms with van der Waals surface area (Å²) in [6, 6.07) is 0. The highest BCUT2D eigenvalue weighted by Gasteiger charge is 2.36. The van der Waals surface area contributed by atoms with Crippen molar-refractivity contribution in [2.45, 2.75) is 82.3 Å². The van der Waals surface area contributed by atoms with Crippen LogP contribution in [-0.2, 0) is 0 Å². The van der Waals surface area contributed by atoms with Crippen LogP contribution < -0.4 is 0 Å². The number of hydrogen-bond donors (Lipinski definition) is 0. The lowest BCUT2D eigenvalue weighted by Crippen LogP contribution is -2.47. The molecule has 4 nitrogen and oxygen atoms in total. The van der Waals surface area contributed by atoms with Gasteiger partial charge in [-0.15, -0.1) is 0 Å². The van der Waals surface area contributed by atoms with E-state index in [1.807, 2.05) is 0 Å². The van der Waals surface area contributed by atoms with Crippen LogP contribution in [0.2, 0.25) is 13.1 Å². The van der Waals surface area contributed by atoms with Crippen molar-refractivity contribution >= 4 is 30.2 Å². The topological polar surface area (TPSA) is 35.6 Å². The number of aryl methyl sites for hydroxylation is 6. The smallest absolute Gasteiger partial charge is 0.270 e. The maximum absolute atomic E-state index is 5.17. The van der Waals surface area contributed by atoms with E-state index in [4.69, 9.17) is 10.2 Å². The number of fused-ring (bicyclic) bond motifs is 2. The monoisotopic (exact) mass is 432 g/mol. The van der Waals surface area contributed by atoms with Gasteiger partial charge in [-0.05, 0) is 127 Å². The van der Waals surface area contributed by atoms with Gasteiger partial charge in [0.2, 0.25) is 0 Å². The van der Waals surface area contributed by atoms with Crippen LogP contribution >= 0.6 is 0 Å². The van der Waals surface area contributed by atoms with Gasteiger partial charge in [0.1, 0.15) is 0 Å². The minimum Gasteiger partial charge on any atom is -0.270 e. The van der Waals surface area contributed by atoms with Gasteiger partial charge in [0.25, 0.3) is 0 Å². The van der Waals surface area contributed by atoms with Gasteiger partial charge in [0, 0.05) is 10.8 Å². The number of aromatic nitrogens is 4. The predicted octanol–water partition coefficient (Wildman–Crippen LogP) is 6.57. The predicted molar refractivity (Wildman–Crippen MR) is 135 cm³/mol. The van der Waals surface area contributed by atoms with Gasteiger partial charge in [-0.1, -0.05) is 0 Å². The van der Waals surface area contributed by atoms with Crippen molar-refractivity contribution in [1.82, 2.24) is 18.9 Å². The summed E-state index contributed by atoms with van der Waals surface area (Å²) >= 11 is 0. The van der Waals surface area contributed by atoms with Gasteiger partial charge >= 0.3 is 8.40 Å². The molecular formula is C26H36N4Si. The molecule has 0 fully saturated rings. The lowest BCUT2D eigenvalue weighted by atomic mass is 9.95. The van der Waals surface area contributed by atoms with E-state index in [1.54, 1.807) is 0 Å². The third-order valence-corrected chi connectivity index (χ3v) is 10.7. The Hall–Kier alpha value is -2.40. The summed E-state index contributed by atoms with van der Waals surface area (Å²) in [5.74, 6) is 0. The second-order valence-electron chi connectivity index (χ2n) is 9.94. The summed E-state index contributed by atoms with van der Waals surface area (Å²) in [6.07, 6.45) is 0. The fourth-order valence-corrected chi connectivity index (χ4v) is 8.00. The average molecular weight is 433 g/mol. The molecule has 2 aromatic heterocycles. The third kappa shape index (κ3) is 2.72. The second-order valence-corrected chi connectivity index (χ2v) is 13.8. The first kappa shape index (κ1) is 21.8. The van der Waals surface area contributed by atoms with Crippen molar-refractivity contribution in [3.05, 3.63) is 55.9 Å². The van der Waals surface area contributed by atoms with Crippen LogP contribution in [0.1, 0.15) is 55.9 Å². The van der Waals surface area contributed by atoms with Crippen LogP contribution in [0.15, 0.2) is 0 Å². The van der Waals surface area contributed by atoms with E-state index in [9.17, 15) is 0 Å². The number of benzene rings is 2. The SMILES string of the molecule is Cc1c(C)c(C)c2c(c(C)nn2[Si](C)(C)n2nc(C)c3c(C)c(C)c(C)c(C)c32)c1C. The zero-order valence-electron chi connectivity index (χ0n) is 21.3. The number of hydrogen-bond acceptors (Lipinski definition) is 2. The Bertz CT molecular complexity index is 1290. The fourth-order valence-electron chi connectivity index (χ4n) is 5.38. The zero-order valence-corrected chi connectivity index (χ0v) is 22.3. The molecule has 2 aromatic carbocycles. The maximum atomic E-state index is 5.17. The lowest BCUT2D eigenvalue weighted by molar-refractivity contribution is 0.833. The van der Waals surface area contributed by atoms with E-state index in [-0.39, 0.29) is 0 Å². The van der Waals surface area contributed by atoms with E-state index >= 15 is 0 Å². The van der Waals surface area contributed by atoms with Crippen molar-refractivity contribution in [2.75, 3.05) is 0 Å². The molecule has 0 aliphatic heterocycles. The Morgan fingerprint density at radius 3 is 1.06 bits per heavy atom. The van der Waals surface area contributed by atoms with Gasteiger partial charge in [-0.25, -0.2) is 0 Å². The van der Waals surface area contributed by atoms with Gasteiger partial charge in [-0.3, -0.25) is 8.69 Å². The molecule has 0 amide bonds. The van der Waals surface area contributed by atoms with Gasteiger partial charge in [0.15, 0.2) is 0 Å². The van der Waals surface area contributed by atoms with Gasteiger partial charge in [-0.2, -0.15) is 10.2 Å². The van der Waals surface area contributed by atoms with Crippen molar-refractivity contribution in [3.8, 4) is 0 Å². The minimum absolute atomic E-state index is 1.12. The summed E-state index contributed by atoms with van der Waals surface area (Å²) in [5, 5.41) is 13.0. The Balaban J connectivity index is 2.15. The first-order valence-corrected chi connectivity index (χ1v) is 14.1. The summed E-state index contributed by atoms with van der Waals surface area (Å²) in [7, 11) is -2.32. The normalized spacial score (nSPS) is 12.5. The number of nitrogens with zero attached hydrogens (tertiary/aromatic N) is 4. The Labute approximate surface area is 187 Å². The molecule has 0 N–H and O–H groups in total. The molecule has 0 saturated heterocycles. The standard InChI is InChI=1S/C26H36N4Si/c1-13-15(3)19(7)25-23(17(13)5)21(9)27-29(25)31(11,12)30-26-20(8)16(4)14(2)18(6)24(26)22(10)28-30/h1-12H3. The molecule has 0 aliphatic carbocycles.